The molecule has 0 aliphatic heterocycles. The largest absolute Gasteiger partial charge is 0.282 e. The molecule has 6 nitrogen and oxygen atoms in total. The molecule has 8 heteroatoms. The molecule has 1 N–H and O–H groups in total. The van der Waals surface area contributed by atoms with Gasteiger partial charge in [0.05, 0.1) is 33.1 Å². The minimum absolute atomic E-state index is 0.00986. The molecule has 0 aliphatic rings. The zero-order chi connectivity index (χ0) is 18.9. The molecule has 0 saturated carbocycles. The molecule has 0 unspecified atom stereocenters. The summed E-state index contributed by atoms with van der Waals surface area (Å²) in [5, 5.41) is 0.744. The van der Waals surface area contributed by atoms with Gasteiger partial charge in [-0.05, 0) is 43.7 Å². The van der Waals surface area contributed by atoms with Gasteiger partial charge in [0.15, 0.2) is 0 Å². The third-order valence-corrected chi connectivity index (χ3v) is 5.70. The van der Waals surface area contributed by atoms with Gasteiger partial charge in [-0.3, -0.25) is 14.1 Å². The SMILES string of the molecule is CCCS(=O)(=O)Nc1cc(-n2c(C)nc3ccccc3c2=O)ccc1Cl. The lowest BCUT2D eigenvalue weighted by Gasteiger charge is -2.14. The van der Waals surface area contributed by atoms with Crippen molar-refractivity contribution < 1.29 is 8.42 Å². The Kier molecular flexibility index (Phi) is 5.02. The molecule has 3 rings (SSSR count). The Morgan fingerprint density at radius 1 is 1.19 bits per heavy atom. The first-order valence-electron chi connectivity index (χ1n) is 8.11. The maximum atomic E-state index is 12.9. The van der Waals surface area contributed by atoms with Crippen molar-refractivity contribution in [1.29, 1.82) is 0 Å². The molecule has 0 atom stereocenters. The van der Waals surface area contributed by atoms with Crippen LogP contribution in [0.2, 0.25) is 5.02 Å². The maximum Gasteiger partial charge on any atom is 0.265 e. The highest BCUT2D eigenvalue weighted by molar-refractivity contribution is 7.92. The highest BCUT2D eigenvalue weighted by atomic mass is 35.5. The Balaban J connectivity index is 2.15. The van der Waals surface area contributed by atoms with Crippen molar-refractivity contribution in [3.8, 4) is 5.69 Å². The van der Waals surface area contributed by atoms with Crippen LogP contribution in [0.4, 0.5) is 5.69 Å². The number of sulfonamides is 1. The second-order valence-electron chi connectivity index (χ2n) is 5.90. The van der Waals surface area contributed by atoms with Crippen LogP contribution < -0.4 is 10.3 Å². The molecule has 26 heavy (non-hydrogen) atoms. The highest BCUT2D eigenvalue weighted by Crippen LogP contribution is 2.26. The Morgan fingerprint density at radius 2 is 1.92 bits per heavy atom. The van der Waals surface area contributed by atoms with Gasteiger partial charge in [0.2, 0.25) is 10.0 Å². The van der Waals surface area contributed by atoms with Gasteiger partial charge in [0.25, 0.3) is 5.56 Å². The maximum absolute atomic E-state index is 12.9. The molecule has 0 bridgehead atoms. The Bertz CT molecular complexity index is 1140. The van der Waals surface area contributed by atoms with E-state index in [1.54, 1.807) is 50.2 Å². The van der Waals surface area contributed by atoms with Crippen LogP contribution in [0.5, 0.6) is 0 Å². The van der Waals surface area contributed by atoms with E-state index in [1.807, 2.05) is 6.07 Å². The van der Waals surface area contributed by atoms with Gasteiger partial charge in [-0.2, -0.15) is 0 Å². The van der Waals surface area contributed by atoms with Crippen LogP contribution in [0.1, 0.15) is 19.2 Å². The Hall–Kier alpha value is -2.38. The van der Waals surface area contributed by atoms with Crippen molar-refractivity contribution >= 4 is 38.2 Å². The summed E-state index contributed by atoms with van der Waals surface area (Å²) < 4.78 is 28.0. The van der Waals surface area contributed by atoms with E-state index in [1.165, 1.54) is 4.57 Å². The first-order chi connectivity index (χ1) is 12.3. The summed E-state index contributed by atoms with van der Waals surface area (Å²) in [7, 11) is -3.50. The van der Waals surface area contributed by atoms with Crippen LogP contribution in [-0.4, -0.2) is 23.7 Å². The average Bonchev–Trinajstić information content (AvgIpc) is 2.57. The number of hydrogen-bond donors (Lipinski definition) is 1. The normalized spacial score (nSPS) is 11.7. The smallest absolute Gasteiger partial charge is 0.265 e. The van der Waals surface area contributed by atoms with Gasteiger partial charge < -0.3 is 0 Å². The lowest BCUT2D eigenvalue weighted by molar-refractivity contribution is 0.600. The fraction of sp³-hybridized carbons (Fsp3) is 0.222. The van der Waals surface area contributed by atoms with E-state index >= 15 is 0 Å². The molecule has 0 fully saturated rings. The van der Waals surface area contributed by atoms with Crippen molar-refractivity contribution in [2.24, 2.45) is 0 Å². The molecule has 0 amide bonds. The van der Waals surface area contributed by atoms with Crippen molar-refractivity contribution in [3.63, 3.8) is 0 Å². The number of nitrogens with zero attached hydrogens (tertiary/aromatic N) is 2. The number of aryl methyl sites for hydroxylation is 1. The molecule has 0 spiro atoms. The van der Waals surface area contributed by atoms with Gasteiger partial charge in [-0.25, -0.2) is 13.4 Å². The van der Waals surface area contributed by atoms with Crippen LogP contribution >= 0.6 is 11.6 Å². The summed E-state index contributed by atoms with van der Waals surface area (Å²) in [5.74, 6) is 0.489. The van der Waals surface area contributed by atoms with E-state index in [4.69, 9.17) is 11.6 Å². The van der Waals surface area contributed by atoms with Crippen LogP contribution in [-0.2, 0) is 10.0 Å². The van der Waals surface area contributed by atoms with Crippen LogP contribution in [0, 0.1) is 6.92 Å². The number of halogens is 1. The Labute approximate surface area is 156 Å². The number of nitrogens with one attached hydrogen (secondary N) is 1. The third kappa shape index (κ3) is 3.59. The average molecular weight is 392 g/mol. The number of aromatic nitrogens is 2. The molecule has 2 aromatic carbocycles. The number of hydrogen-bond acceptors (Lipinski definition) is 4. The first-order valence-corrected chi connectivity index (χ1v) is 10.1. The highest BCUT2D eigenvalue weighted by Gasteiger charge is 2.15. The van der Waals surface area contributed by atoms with E-state index in [-0.39, 0.29) is 22.0 Å². The molecular weight excluding hydrogens is 374 g/mol. The Morgan fingerprint density at radius 3 is 2.65 bits per heavy atom. The molecule has 136 valence electrons. The second kappa shape index (κ2) is 7.09. The summed E-state index contributed by atoms with van der Waals surface area (Å²) in [6, 6.07) is 11.8. The molecular formula is C18H18ClN3O3S. The predicted molar refractivity (Wildman–Crippen MR) is 105 cm³/mol. The zero-order valence-electron chi connectivity index (χ0n) is 14.4. The summed E-state index contributed by atoms with van der Waals surface area (Å²) in [6.45, 7) is 3.50. The predicted octanol–water partition coefficient (Wildman–Crippen LogP) is 3.50. The van der Waals surface area contributed by atoms with Crippen molar-refractivity contribution in [2.45, 2.75) is 20.3 Å². The summed E-state index contributed by atoms with van der Waals surface area (Å²) in [4.78, 5) is 17.3. The first kappa shape index (κ1) is 18.4. The van der Waals surface area contributed by atoms with Gasteiger partial charge in [-0.1, -0.05) is 30.7 Å². The fourth-order valence-electron chi connectivity index (χ4n) is 2.77. The van der Waals surface area contributed by atoms with Gasteiger partial charge >= 0.3 is 0 Å². The number of fused-ring (bicyclic) bond motifs is 1. The summed E-state index contributed by atoms with van der Waals surface area (Å²) in [6.07, 6.45) is 0.486. The van der Waals surface area contributed by atoms with E-state index in [0.29, 0.717) is 28.8 Å². The van der Waals surface area contributed by atoms with Crippen molar-refractivity contribution in [2.75, 3.05) is 10.5 Å². The van der Waals surface area contributed by atoms with Crippen LogP contribution in [0.3, 0.4) is 0 Å². The van der Waals surface area contributed by atoms with Gasteiger partial charge in [0.1, 0.15) is 5.82 Å². The standard InChI is InChI=1S/C18H18ClN3O3S/c1-3-10-26(24,25)21-17-11-13(8-9-15(17)19)22-12(2)20-16-7-5-4-6-14(16)18(22)23/h4-9,11,21H,3,10H2,1-2H3. The molecule has 3 aromatic rings. The fourth-order valence-corrected chi connectivity index (χ4v) is 4.13. The molecule has 1 aromatic heterocycles. The topological polar surface area (TPSA) is 81.1 Å². The van der Waals surface area contributed by atoms with Crippen molar-refractivity contribution in [1.82, 2.24) is 9.55 Å². The van der Waals surface area contributed by atoms with E-state index in [9.17, 15) is 13.2 Å². The summed E-state index contributed by atoms with van der Waals surface area (Å²) >= 11 is 6.13. The minimum Gasteiger partial charge on any atom is -0.282 e. The van der Waals surface area contributed by atoms with Crippen molar-refractivity contribution in [3.05, 3.63) is 63.7 Å². The molecule has 0 aliphatic carbocycles. The van der Waals surface area contributed by atoms with Gasteiger partial charge in [0, 0.05) is 0 Å². The van der Waals surface area contributed by atoms with E-state index in [0.717, 1.165) is 0 Å². The molecule has 0 radical (unpaired) electrons. The lowest BCUT2D eigenvalue weighted by atomic mass is 10.2. The number of benzene rings is 2. The van der Waals surface area contributed by atoms with Crippen LogP contribution in [0.25, 0.3) is 16.6 Å². The summed E-state index contributed by atoms with van der Waals surface area (Å²) in [5.41, 5.74) is 1.11. The number of anilines is 1. The number of rotatable bonds is 5. The quantitative estimate of drug-likeness (QED) is 0.721. The molecule has 0 saturated heterocycles. The lowest BCUT2D eigenvalue weighted by Crippen LogP contribution is -2.22. The minimum atomic E-state index is -3.50. The molecule has 1 heterocycles. The van der Waals surface area contributed by atoms with Crippen LogP contribution in [0.15, 0.2) is 47.3 Å². The number of para-hydroxylation sites is 1. The zero-order valence-corrected chi connectivity index (χ0v) is 15.9. The van der Waals surface area contributed by atoms with Gasteiger partial charge in [-0.15, -0.1) is 0 Å². The monoisotopic (exact) mass is 391 g/mol. The third-order valence-electron chi connectivity index (χ3n) is 3.89. The van der Waals surface area contributed by atoms with E-state index in [2.05, 4.69) is 9.71 Å². The second-order valence-corrected chi connectivity index (χ2v) is 8.15. The van der Waals surface area contributed by atoms with E-state index < -0.39 is 10.0 Å².